The van der Waals surface area contributed by atoms with Crippen LogP contribution in [0.3, 0.4) is 0 Å². The van der Waals surface area contributed by atoms with Crippen LogP contribution in [0.5, 0.6) is 0 Å². The fraction of sp³-hybridized carbons (Fsp3) is 0.500. The highest BCUT2D eigenvalue weighted by Crippen LogP contribution is 2.19. The van der Waals surface area contributed by atoms with Crippen molar-refractivity contribution < 1.29 is 4.79 Å². The Bertz CT molecular complexity index is 679. The molecule has 0 saturated carbocycles. The number of aromatic nitrogens is 2. The molecule has 1 aromatic carbocycles. The summed E-state index contributed by atoms with van der Waals surface area (Å²) in [5.74, 6) is 0.742. The van der Waals surface area contributed by atoms with E-state index >= 15 is 0 Å². The molecule has 1 aliphatic rings. The van der Waals surface area contributed by atoms with Crippen LogP contribution in [0.2, 0.25) is 0 Å². The summed E-state index contributed by atoms with van der Waals surface area (Å²) in [6.45, 7) is 5.51. The van der Waals surface area contributed by atoms with Crippen molar-refractivity contribution in [3.8, 4) is 0 Å². The smallest absolute Gasteiger partial charge is 0.246 e. The molecule has 1 saturated heterocycles. The number of para-hydroxylation sites is 1. The SMILES string of the molecule is CC(CC1CCNCC1)NCc1ccccc1NC(=O)Cn1cccn1. The van der Waals surface area contributed by atoms with Gasteiger partial charge in [-0.1, -0.05) is 18.2 Å². The van der Waals surface area contributed by atoms with Gasteiger partial charge in [0.25, 0.3) is 0 Å². The first-order valence-corrected chi connectivity index (χ1v) is 9.50. The van der Waals surface area contributed by atoms with Crippen LogP contribution >= 0.6 is 0 Å². The summed E-state index contributed by atoms with van der Waals surface area (Å²) in [4.78, 5) is 12.2. The minimum Gasteiger partial charge on any atom is -0.324 e. The highest BCUT2D eigenvalue weighted by Gasteiger charge is 2.16. The maximum atomic E-state index is 12.2. The van der Waals surface area contributed by atoms with Gasteiger partial charge in [-0.05, 0) is 62.9 Å². The molecule has 0 spiro atoms. The maximum absolute atomic E-state index is 12.2. The van der Waals surface area contributed by atoms with E-state index in [9.17, 15) is 4.79 Å². The van der Waals surface area contributed by atoms with Crippen molar-refractivity contribution in [2.24, 2.45) is 5.92 Å². The average Bonchev–Trinajstić information content (AvgIpc) is 3.14. The molecule has 6 heteroatoms. The highest BCUT2D eigenvalue weighted by molar-refractivity contribution is 5.91. The molecule has 0 radical (unpaired) electrons. The quantitative estimate of drug-likeness (QED) is 0.680. The molecule has 2 aromatic rings. The van der Waals surface area contributed by atoms with Crippen LogP contribution in [0.4, 0.5) is 5.69 Å². The molecular formula is C20H29N5O. The van der Waals surface area contributed by atoms with Crippen molar-refractivity contribution in [3.05, 3.63) is 48.3 Å². The van der Waals surface area contributed by atoms with E-state index in [0.29, 0.717) is 6.04 Å². The molecule has 1 fully saturated rings. The predicted molar refractivity (Wildman–Crippen MR) is 104 cm³/mol. The minimum absolute atomic E-state index is 0.0658. The second-order valence-electron chi connectivity index (χ2n) is 7.12. The molecule has 2 heterocycles. The Labute approximate surface area is 155 Å². The number of amides is 1. The standard InChI is InChI=1S/C20H29N5O/c1-16(13-17-7-10-21-11-8-17)22-14-18-5-2-3-6-19(18)24-20(26)15-25-12-4-9-23-25/h2-6,9,12,16-17,21-22H,7-8,10-11,13-15H2,1H3,(H,24,26). The molecule has 0 aliphatic carbocycles. The fourth-order valence-electron chi connectivity index (χ4n) is 3.51. The number of benzene rings is 1. The van der Waals surface area contributed by atoms with Gasteiger partial charge in [-0.3, -0.25) is 9.48 Å². The Kier molecular flexibility index (Phi) is 6.80. The molecule has 140 valence electrons. The van der Waals surface area contributed by atoms with E-state index in [1.54, 1.807) is 17.1 Å². The van der Waals surface area contributed by atoms with E-state index < -0.39 is 0 Å². The van der Waals surface area contributed by atoms with Crippen LogP contribution < -0.4 is 16.0 Å². The summed E-state index contributed by atoms with van der Waals surface area (Å²) in [5, 5.41) is 14.1. The molecular weight excluding hydrogens is 326 g/mol. The van der Waals surface area contributed by atoms with E-state index in [0.717, 1.165) is 36.8 Å². The lowest BCUT2D eigenvalue weighted by Gasteiger charge is -2.26. The fourth-order valence-corrected chi connectivity index (χ4v) is 3.51. The van der Waals surface area contributed by atoms with Gasteiger partial charge in [0.1, 0.15) is 6.54 Å². The Balaban J connectivity index is 1.50. The molecule has 26 heavy (non-hydrogen) atoms. The topological polar surface area (TPSA) is 71.0 Å². The number of hydrogen-bond acceptors (Lipinski definition) is 4. The number of piperidine rings is 1. The number of nitrogens with zero attached hydrogens (tertiary/aromatic N) is 2. The summed E-state index contributed by atoms with van der Waals surface area (Å²) < 4.78 is 1.62. The third-order valence-corrected chi connectivity index (χ3v) is 4.94. The highest BCUT2D eigenvalue weighted by atomic mass is 16.2. The van der Waals surface area contributed by atoms with Gasteiger partial charge in [-0.25, -0.2) is 0 Å². The van der Waals surface area contributed by atoms with Crippen LogP contribution in [-0.4, -0.2) is 34.8 Å². The molecule has 0 bridgehead atoms. The van der Waals surface area contributed by atoms with Crippen LogP contribution in [0.1, 0.15) is 31.7 Å². The van der Waals surface area contributed by atoms with Gasteiger partial charge in [-0.2, -0.15) is 5.10 Å². The molecule has 1 atom stereocenters. The largest absolute Gasteiger partial charge is 0.324 e. The molecule has 3 rings (SSSR count). The second-order valence-corrected chi connectivity index (χ2v) is 7.12. The summed E-state index contributed by atoms with van der Waals surface area (Å²) in [7, 11) is 0. The normalized spacial score (nSPS) is 16.3. The number of hydrogen-bond donors (Lipinski definition) is 3. The molecule has 1 amide bonds. The third kappa shape index (κ3) is 5.68. The van der Waals surface area contributed by atoms with E-state index in [1.165, 1.54) is 19.3 Å². The predicted octanol–water partition coefficient (Wildman–Crippen LogP) is 2.39. The van der Waals surface area contributed by atoms with E-state index in [2.05, 4.69) is 34.0 Å². The van der Waals surface area contributed by atoms with Crippen molar-refractivity contribution in [1.29, 1.82) is 0 Å². The van der Waals surface area contributed by atoms with E-state index in [1.807, 2.05) is 24.3 Å². The van der Waals surface area contributed by atoms with Crippen molar-refractivity contribution in [2.45, 2.75) is 45.3 Å². The lowest BCUT2D eigenvalue weighted by Crippen LogP contribution is -2.33. The molecule has 1 aliphatic heterocycles. The van der Waals surface area contributed by atoms with Crippen LogP contribution in [0.15, 0.2) is 42.7 Å². The summed E-state index contributed by atoms with van der Waals surface area (Å²) in [6, 6.07) is 10.3. The molecule has 1 unspecified atom stereocenters. The van der Waals surface area contributed by atoms with Crippen molar-refractivity contribution in [1.82, 2.24) is 20.4 Å². The Morgan fingerprint density at radius 3 is 2.88 bits per heavy atom. The number of carbonyl (C=O) groups is 1. The zero-order valence-electron chi connectivity index (χ0n) is 15.4. The summed E-state index contributed by atoms with van der Waals surface area (Å²) in [5.41, 5.74) is 1.98. The van der Waals surface area contributed by atoms with Crippen LogP contribution in [0, 0.1) is 5.92 Å². The Morgan fingerprint density at radius 2 is 2.12 bits per heavy atom. The van der Waals surface area contributed by atoms with Gasteiger partial charge in [0.05, 0.1) is 0 Å². The number of carbonyl (C=O) groups excluding carboxylic acids is 1. The van der Waals surface area contributed by atoms with Gasteiger partial charge in [-0.15, -0.1) is 0 Å². The Hall–Kier alpha value is -2.18. The number of nitrogens with one attached hydrogen (secondary N) is 3. The summed E-state index contributed by atoms with van der Waals surface area (Å²) >= 11 is 0. The summed E-state index contributed by atoms with van der Waals surface area (Å²) in [6.07, 6.45) is 7.21. The van der Waals surface area contributed by atoms with Crippen LogP contribution in [0.25, 0.3) is 0 Å². The zero-order chi connectivity index (χ0) is 18.2. The Morgan fingerprint density at radius 1 is 1.31 bits per heavy atom. The molecule has 6 nitrogen and oxygen atoms in total. The average molecular weight is 355 g/mol. The van der Waals surface area contributed by atoms with Crippen molar-refractivity contribution in [3.63, 3.8) is 0 Å². The lowest BCUT2D eigenvalue weighted by atomic mass is 9.91. The van der Waals surface area contributed by atoms with E-state index in [4.69, 9.17) is 0 Å². The van der Waals surface area contributed by atoms with Crippen LogP contribution in [-0.2, 0) is 17.9 Å². The lowest BCUT2D eigenvalue weighted by molar-refractivity contribution is -0.116. The first-order chi connectivity index (χ1) is 12.7. The van der Waals surface area contributed by atoms with Gasteiger partial charge < -0.3 is 16.0 Å². The van der Waals surface area contributed by atoms with Crippen molar-refractivity contribution in [2.75, 3.05) is 18.4 Å². The first-order valence-electron chi connectivity index (χ1n) is 9.50. The second kappa shape index (κ2) is 9.50. The molecule has 3 N–H and O–H groups in total. The van der Waals surface area contributed by atoms with Gasteiger partial charge in [0.2, 0.25) is 5.91 Å². The minimum atomic E-state index is -0.0658. The van der Waals surface area contributed by atoms with Gasteiger partial charge in [0, 0.05) is 30.7 Å². The zero-order valence-corrected chi connectivity index (χ0v) is 15.4. The monoisotopic (exact) mass is 355 g/mol. The number of rotatable bonds is 8. The number of anilines is 1. The van der Waals surface area contributed by atoms with E-state index in [-0.39, 0.29) is 12.5 Å². The maximum Gasteiger partial charge on any atom is 0.246 e. The van der Waals surface area contributed by atoms with Crippen molar-refractivity contribution >= 4 is 11.6 Å². The first kappa shape index (κ1) is 18.6. The molecule has 1 aromatic heterocycles. The third-order valence-electron chi connectivity index (χ3n) is 4.94. The van der Waals surface area contributed by atoms with Gasteiger partial charge in [0.15, 0.2) is 0 Å². The van der Waals surface area contributed by atoms with Gasteiger partial charge >= 0.3 is 0 Å².